The molecule has 0 aliphatic heterocycles. The summed E-state index contributed by atoms with van der Waals surface area (Å²) < 4.78 is 0. The normalized spacial score (nSPS) is 12.3. The first-order chi connectivity index (χ1) is 9.55. The number of hydrogen-bond acceptors (Lipinski definition) is 7. The Balaban J connectivity index is 3.03. The molecule has 0 aromatic carbocycles. The molecule has 20 heavy (non-hydrogen) atoms. The van der Waals surface area contributed by atoms with Gasteiger partial charge in [-0.3, -0.25) is 0 Å². The Morgan fingerprint density at radius 3 is 2.15 bits per heavy atom. The summed E-state index contributed by atoms with van der Waals surface area (Å²) >= 11 is 0. The molecule has 1 unspecified atom stereocenters. The van der Waals surface area contributed by atoms with E-state index in [4.69, 9.17) is 0 Å². The number of aliphatic hydroxyl groups is 1. The van der Waals surface area contributed by atoms with E-state index in [-0.39, 0.29) is 18.6 Å². The first-order valence-electron chi connectivity index (χ1n) is 7.11. The standard InChI is InChI=1S/C13H26N6O/c1-6-19(7-2)13-17-11(14-5)16-12(18-13)15-10(8-20)9(3)4/h9-10,20H,6-8H2,1-5H3,(H2,14,15,16,17,18). The van der Waals surface area contributed by atoms with E-state index in [1.807, 2.05) is 13.8 Å². The van der Waals surface area contributed by atoms with Crippen molar-refractivity contribution < 1.29 is 5.11 Å². The highest BCUT2D eigenvalue weighted by Crippen LogP contribution is 2.15. The minimum Gasteiger partial charge on any atom is -0.394 e. The van der Waals surface area contributed by atoms with Gasteiger partial charge in [0.1, 0.15) is 0 Å². The SMILES string of the molecule is CCN(CC)c1nc(NC)nc(NC(CO)C(C)C)n1. The van der Waals surface area contributed by atoms with Gasteiger partial charge < -0.3 is 20.6 Å². The molecule has 0 aliphatic rings. The van der Waals surface area contributed by atoms with Gasteiger partial charge in [0.2, 0.25) is 17.8 Å². The molecule has 0 saturated carbocycles. The Labute approximate surface area is 120 Å². The lowest BCUT2D eigenvalue weighted by Crippen LogP contribution is -2.31. The van der Waals surface area contributed by atoms with Crippen LogP contribution >= 0.6 is 0 Å². The van der Waals surface area contributed by atoms with Gasteiger partial charge in [0, 0.05) is 20.1 Å². The third kappa shape index (κ3) is 4.19. The van der Waals surface area contributed by atoms with E-state index in [2.05, 4.69) is 44.3 Å². The molecule has 0 fully saturated rings. The van der Waals surface area contributed by atoms with Crippen LogP contribution in [0.15, 0.2) is 0 Å². The summed E-state index contributed by atoms with van der Waals surface area (Å²) in [5.74, 6) is 1.92. The molecule has 1 aromatic heterocycles. The van der Waals surface area contributed by atoms with Crippen LogP contribution in [0, 0.1) is 5.92 Å². The predicted octanol–water partition coefficient (Wildman–Crippen LogP) is 1.19. The Kier molecular flexibility index (Phi) is 6.44. The molecule has 7 heteroatoms. The van der Waals surface area contributed by atoms with Gasteiger partial charge in [-0.15, -0.1) is 0 Å². The Bertz CT molecular complexity index is 408. The van der Waals surface area contributed by atoms with Crippen molar-refractivity contribution in [1.82, 2.24) is 15.0 Å². The van der Waals surface area contributed by atoms with Gasteiger partial charge in [-0.1, -0.05) is 13.8 Å². The van der Waals surface area contributed by atoms with Crippen LogP contribution in [0.3, 0.4) is 0 Å². The van der Waals surface area contributed by atoms with Gasteiger partial charge in [0.05, 0.1) is 12.6 Å². The fraction of sp³-hybridized carbons (Fsp3) is 0.769. The average molecular weight is 282 g/mol. The van der Waals surface area contributed by atoms with Crippen molar-refractivity contribution in [3.8, 4) is 0 Å². The zero-order valence-corrected chi connectivity index (χ0v) is 13.0. The Morgan fingerprint density at radius 1 is 1.10 bits per heavy atom. The van der Waals surface area contributed by atoms with Crippen LogP contribution in [0.2, 0.25) is 0 Å². The number of nitrogens with zero attached hydrogens (tertiary/aromatic N) is 4. The number of aliphatic hydroxyl groups excluding tert-OH is 1. The molecule has 1 atom stereocenters. The van der Waals surface area contributed by atoms with Crippen molar-refractivity contribution in [2.45, 2.75) is 33.7 Å². The van der Waals surface area contributed by atoms with Crippen molar-refractivity contribution in [1.29, 1.82) is 0 Å². The van der Waals surface area contributed by atoms with E-state index in [1.54, 1.807) is 7.05 Å². The molecule has 1 rings (SSSR count). The van der Waals surface area contributed by atoms with Crippen LogP contribution in [0.4, 0.5) is 17.8 Å². The molecular weight excluding hydrogens is 256 g/mol. The Morgan fingerprint density at radius 2 is 1.70 bits per heavy atom. The summed E-state index contributed by atoms with van der Waals surface area (Å²) in [5, 5.41) is 15.5. The lowest BCUT2D eigenvalue weighted by atomic mass is 10.1. The molecule has 0 aliphatic carbocycles. The van der Waals surface area contributed by atoms with E-state index < -0.39 is 0 Å². The first kappa shape index (κ1) is 16.4. The average Bonchev–Trinajstić information content (AvgIpc) is 2.45. The summed E-state index contributed by atoms with van der Waals surface area (Å²) in [5.41, 5.74) is 0. The zero-order chi connectivity index (χ0) is 15.1. The maximum atomic E-state index is 9.40. The van der Waals surface area contributed by atoms with E-state index in [1.165, 1.54) is 0 Å². The fourth-order valence-electron chi connectivity index (χ4n) is 1.78. The quantitative estimate of drug-likeness (QED) is 0.660. The first-order valence-corrected chi connectivity index (χ1v) is 7.11. The van der Waals surface area contributed by atoms with Crippen LogP contribution in [0.25, 0.3) is 0 Å². The molecule has 0 amide bonds. The lowest BCUT2D eigenvalue weighted by molar-refractivity contribution is 0.248. The van der Waals surface area contributed by atoms with Gasteiger partial charge in [-0.2, -0.15) is 15.0 Å². The monoisotopic (exact) mass is 282 g/mol. The number of rotatable bonds is 8. The van der Waals surface area contributed by atoms with Crippen LogP contribution in [0.1, 0.15) is 27.7 Å². The number of anilines is 3. The second-order valence-electron chi connectivity index (χ2n) is 4.88. The van der Waals surface area contributed by atoms with Gasteiger partial charge in [-0.25, -0.2) is 0 Å². The summed E-state index contributed by atoms with van der Waals surface area (Å²) in [6.45, 7) is 9.90. The number of nitrogens with one attached hydrogen (secondary N) is 2. The van der Waals surface area contributed by atoms with Crippen LogP contribution in [-0.4, -0.2) is 52.8 Å². The van der Waals surface area contributed by atoms with Crippen LogP contribution < -0.4 is 15.5 Å². The third-order valence-electron chi connectivity index (χ3n) is 3.21. The third-order valence-corrected chi connectivity index (χ3v) is 3.21. The zero-order valence-electron chi connectivity index (χ0n) is 13.0. The van der Waals surface area contributed by atoms with Crippen molar-refractivity contribution >= 4 is 17.8 Å². The largest absolute Gasteiger partial charge is 0.394 e. The highest BCUT2D eigenvalue weighted by molar-refractivity contribution is 5.43. The maximum Gasteiger partial charge on any atom is 0.231 e. The van der Waals surface area contributed by atoms with E-state index in [9.17, 15) is 5.11 Å². The molecule has 0 spiro atoms. The van der Waals surface area contributed by atoms with Crippen molar-refractivity contribution in [3.05, 3.63) is 0 Å². The molecule has 3 N–H and O–H groups in total. The smallest absolute Gasteiger partial charge is 0.231 e. The molecule has 0 bridgehead atoms. The molecule has 114 valence electrons. The van der Waals surface area contributed by atoms with Crippen LogP contribution in [-0.2, 0) is 0 Å². The van der Waals surface area contributed by atoms with E-state index >= 15 is 0 Å². The summed E-state index contributed by atoms with van der Waals surface area (Å²) in [6, 6.07) is -0.0772. The second-order valence-corrected chi connectivity index (χ2v) is 4.88. The van der Waals surface area contributed by atoms with Crippen molar-refractivity contribution in [2.75, 3.05) is 42.3 Å². The van der Waals surface area contributed by atoms with E-state index in [0.29, 0.717) is 17.8 Å². The van der Waals surface area contributed by atoms with E-state index in [0.717, 1.165) is 13.1 Å². The molecule has 0 radical (unpaired) electrons. The maximum absolute atomic E-state index is 9.40. The van der Waals surface area contributed by atoms with Gasteiger partial charge in [-0.05, 0) is 19.8 Å². The molecule has 7 nitrogen and oxygen atoms in total. The summed E-state index contributed by atoms with van der Waals surface area (Å²) in [6.07, 6.45) is 0. The fourth-order valence-corrected chi connectivity index (χ4v) is 1.78. The van der Waals surface area contributed by atoms with Gasteiger partial charge in [0.25, 0.3) is 0 Å². The molecular formula is C13H26N6O. The number of aromatic nitrogens is 3. The topological polar surface area (TPSA) is 86.2 Å². The highest BCUT2D eigenvalue weighted by atomic mass is 16.3. The summed E-state index contributed by atoms with van der Waals surface area (Å²) in [4.78, 5) is 15.1. The molecule has 0 saturated heterocycles. The van der Waals surface area contributed by atoms with Gasteiger partial charge >= 0.3 is 0 Å². The van der Waals surface area contributed by atoms with Gasteiger partial charge in [0.15, 0.2) is 0 Å². The minimum absolute atomic E-state index is 0.0405. The van der Waals surface area contributed by atoms with Crippen molar-refractivity contribution in [2.24, 2.45) is 5.92 Å². The molecule has 1 heterocycles. The lowest BCUT2D eigenvalue weighted by Gasteiger charge is -2.22. The predicted molar refractivity (Wildman–Crippen MR) is 82.3 cm³/mol. The molecule has 1 aromatic rings. The second kappa shape index (κ2) is 7.84. The summed E-state index contributed by atoms with van der Waals surface area (Å²) in [7, 11) is 1.77. The number of hydrogen-bond donors (Lipinski definition) is 3. The van der Waals surface area contributed by atoms with Crippen molar-refractivity contribution in [3.63, 3.8) is 0 Å². The highest BCUT2D eigenvalue weighted by Gasteiger charge is 2.16. The Hall–Kier alpha value is -1.63. The van der Waals surface area contributed by atoms with Crippen LogP contribution in [0.5, 0.6) is 0 Å². The minimum atomic E-state index is -0.0772.